The van der Waals surface area contributed by atoms with Gasteiger partial charge in [0.25, 0.3) is 0 Å². The van der Waals surface area contributed by atoms with Crippen molar-refractivity contribution in [2.75, 3.05) is 19.7 Å². The molecule has 92 valence electrons. The van der Waals surface area contributed by atoms with E-state index < -0.39 is 0 Å². The first-order chi connectivity index (χ1) is 7.02. The standard InChI is InChI=1S/C13H29NO/c1-11(2)6-7-14-8-9-15-13(5)10-12(3)4/h11-14H,6-10H2,1-5H3. The Hall–Kier alpha value is -0.0800. The topological polar surface area (TPSA) is 21.3 Å². The summed E-state index contributed by atoms with van der Waals surface area (Å²) >= 11 is 0. The SMILES string of the molecule is CC(C)CCNCCOC(C)CC(C)C. The minimum atomic E-state index is 0.400. The zero-order chi connectivity index (χ0) is 11.7. The molecule has 0 aromatic carbocycles. The van der Waals surface area contributed by atoms with Gasteiger partial charge in [-0.25, -0.2) is 0 Å². The number of hydrogen-bond acceptors (Lipinski definition) is 2. The maximum absolute atomic E-state index is 5.70. The first kappa shape index (κ1) is 14.9. The van der Waals surface area contributed by atoms with Crippen LogP contribution < -0.4 is 5.32 Å². The van der Waals surface area contributed by atoms with E-state index in [9.17, 15) is 0 Å². The summed E-state index contributed by atoms with van der Waals surface area (Å²) in [6.45, 7) is 14.1. The molecule has 1 N–H and O–H groups in total. The molecular formula is C13H29NO. The summed E-state index contributed by atoms with van der Waals surface area (Å²) in [6.07, 6.45) is 2.81. The van der Waals surface area contributed by atoms with E-state index in [0.717, 1.165) is 38.0 Å². The highest BCUT2D eigenvalue weighted by Gasteiger charge is 2.04. The summed E-state index contributed by atoms with van der Waals surface area (Å²) < 4.78 is 5.70. The van der Waals surface area contributed by atoms with Crippen LogP contribution in [0.15, 0.2) is 0 Å². The van der Waals surface area contributed by atoms with Gasteiger partial charge in [0.1, 0.15) is 0 Å². The average molecular weight is 215 g/mol. The van der Waals surface area contributed by atoms with Crippen molar-refractivity contribution in [1.82, 2.24) is 5.32 Å². The summed E-state index contributed by atoms with van der Waals surface area (Å²) in [5.41, 5.74) is 0. The Morgan fingerprint density at radius 1 is 0.933 bits per heavy atom. The predicted octanol–water partition coefficient (Wildman–Crippen LogP) is 3.07. The fraction of sp³-hybridized carbons (Fsp3) is 1.00. The molecular weight excluding hydrogens is 186 g/mol. The second kappa shape index (κ2) is 9.17. The van der Waals surface area contributed by atoms with Crippen molar-refractivity contribution in [2.45, 2.75) is 53.6 Å². The van der Waals surface area contributed by atoms with E-state index in [0.29, 0.717) is 6.10 Å². The molecule has 1 unspecified atom stereocenters. The molecule has 0 aliphatic heterocycles. The van der Waals surface area contributed by atoms with E-state index in [-0.39, 0.29) is 0 Å². The first-order valence-electron chi connectivity index (χ1n) is 6.34. The molecule has 0 aromatic rings. The fourth-order valence-corrected chi connectivity index (χ4v) is 1.58. The Kier molecular flexibility index (Phi) is 9.12. The van der Waals surface area contributed by atoms with Crippen LogP contribution in [0.1, 0.15) is 47.5 Å². The van der Waals surface area contributed by atoms with E-state index in [4.69, 9.17) is 4.74 Å². The minimum absolute atomic E-state index is 0.400. The Labute approximate surface area is 95.8 Å². The van der Waals surface area contributed by atoms with Crippen LogP contribution >= 0.6 is 0 Å². The summed E-state index contributed by atoms with van der Waals surface area (Å²) in [5.74, 6) is 1.52. The third-order valence-corrected chi connectivity index (χ3v) is 2.38. The van der Waals surface area contributed by atoms with Crippen LogP contribution in [0.2, 0.25) is 0 Å². The van der Waals surface area contributed by atoms with E-state index >= 15 is 0 Å². The van der Waals surface area contributed by atoms with Crippen LogP contribution in [0.4, 0.5) is 0 Å². The third-order valence-electron chi connectivity index (χ3n) is 2.38. The van der Waals surface area contributed by atoms with Gasteiger partial charge in [0.15, 0.2) is 0 Å². The van der Waals surface area contributed by atoms with Gasteiger partial charge in [-0.05, 0) is 38.1 Å². The summed E-state index contributed by atoms with van der Waals surface area (Å²) in [6, 6.07) is 0. The quantitative estimate of drug-likeness (QED) is 0.597. The number of nitrogens with one attached hydrogen (secondary N) is 1. The minimum Gasteiger partial charge on any atom is -0.377 e. The molecule has 0 amide bonds. The van der Waals surface area contributed by atoms with Crippen molar-refractivity contribution >= 4 is 0 Å². The van der Waals surface area contributed by atoms with Crippen LogP contribution in [-0.4, -0.2) is 25.8 Å². The van der Waals surface area contributed by atoms with Crippen molar-refractivity contribution in [3.63, 3.8) is 0 Å². The van der Waals surface area contributed by atoms with Gasteiger partial charge in [-0.1, -0.05) is 27.7 Å². The average Bonchev–Trinajstić information content (AvgIpc) is 2.09. The van der Waals surface area contributed by atoms with Crippen LogP contribution in [0.3, 0.4) is 0 Å². The Balaban J connectivity index is 3.16. The zero-order valence-electron chi connectivity index (χ0n) is 11.2. The van der Waals surface area contributed by atoms with Crippen LogP contribution in [0.5, 0.6) is 0 Å². The second-order valence-electron chi connectivity index (χ2n) is 5.24. The Morgan fingerprint density at radius 2 is 1.60 bits per heavy atom. The van der Waals surface area contributed by atoms with Crippen molar-refractivity contribution in [3.8, 4) is 0 Å². The lowest BCUT2D eigenvalue weighted by Gasteiger charge is -2.15. The molecule has 15 heavy (non-hydrogen) atoms. The highest BCUT2D eigenvalue weighted by atomic mass is 16.5. The maximum atomic E-state index is 5.70. The first-order valence-corrected chi connectivity index (χ1v) is 6.34. The second-order valence-corrected chi connectivity index (χ2v) is 5.24. The molecule has 2 nitrogen and oxygen atoms in total. The highest BCUT2D eigenvalue weighted by molar-refractivity contribution is 4.55. The normalized spacial score (nSPS) is 13.8. The van der Waals surface area contributed by atoms with E-state index in [2.05, 4.69) is 39.9 Å². The van der Waals surface area contributed by atoms with Gasteiger partial charge in [-0.3, -0.25) is 0 Å². The number of ether oxygens (including phenoxy) is 1. The van der Waals surface area contributed by atoms with E-state index in [1.165, 1.54) is 6.42 Å². The lowest BCUT2D eigenvalue weighted by molar-refractivity contribution is 0.0539. The van der Waals surface area contributed by atoms with Gasteiger partial charge < -0.3 is 10.1 Å². The molecule has 0 radical (unpaired) electrons. The van der Waals surface area contributed by atoms with Gasteiger partial charge in [-0.15, -0.1) is 0 Å². The molecule has 0 spiro atoms. The van der Waals surface area contributed by atoms with Crippen molar-refractivity contribution in [2.24, 2.45) is 11.8 Å². The van der Waals surface area contributed by atoms with Gasteiger partial charge >= 0.3 is 0 Å². The van der Waals surface area contributed by atoms with Gasteiger partial charge in [0, 0.05) is 6.54 Å². The molecule has 2 heteroatoms. The van der Waals surface area contributed by atoms with Crippen LogP contribution in [0.25, 0.3) is 0 Å². The molecule has 0 bridgehead atoms. The van der Waals surface area contributed by atoms with Gasteiger partial charge in [-0.2, -0.15) is 0 Å². The summed E-state index contributed by atoms with van der Waals surface area (Å²) in [5, 5.41) is 3.40. The molecule has 0 aliphatic rings. The summed E-state index contributed by atoms with van der Waals surface area (Å²) in [7, 11) is 0. The molecule has 0 heterocycles. The molecule has 0 aromatic heterocycles. The molecule has 0 saturated carbocycles. The molecule has 0 rings (SSSR count). The van der Waals surface area contributed by atoms with E-state index in [1.807, 2.05) is 0 Å². The summed E-state index contributed by atoms with van der Waals surface area (Å²) in [4.78, 5) is 0. The lowest BCUT2D eigenvalue weighted by Crippen LogP contribution is -2.24. The lowest BCUT2D eigenvalue weighted by atomic mass is 10.1. The molecule has 0 fully saturated rings. The highest BCUT2D eigenvalue weighted by Crippen LogP contribution is 2.06. The van der Waals surface area contributed by atoms with Crippen LogP contribution in [0, 0.1) is 11.8 Å². The number of hydrogen-bond donors (Lipinski definition) is 1. The molecule has 0 aliphatic carbocycles. The predicted molar refractivity (Wildman–Crippen MR) is 67.2 cm³/mol. The fourth-order valence-electron chi connectivity index (χ4n) is 1.58. The Bertz CT molecular complexity index is 134. The smallest absolute Gasteiger partial charge is 0.0594 e. The van der Waals surface area contributed by atoms with Crippen molar-refractivity contribution in [3.05, 3.63) is 0 Å². The Morgan fingerprint density at radius 3 is 2.13 bits per heavy atom. The van der Waals surface area contributed by atoms with Crippen LogP contribution in [-0.2, 0) is 4.74 Å². The van der Waals surface area contributed by atoms with Crippen molar-refractivity contribution < 1.29 is 4.74 Å². The molecule has 1 atom stereocenters. The monoisotopic (exact) mass is 215 g/mol. The van der Waals surface area contributed by atoms with Crippen molar-refractivity contribution in [1.29, 1.82) is 0 Å². The molecule has 0 saturated heterocycles. The van der Waals surface area contributed by atoms with E-state index in [1.54, 1.807) is 0 Å². The zero-order valence-corrected chi connectivity index (χ0v) is 11.2. The maximum Gasteiger partial charge on any atom is 0.0594 e. The largest absolute Gasteiger partial charge is 0.377 e. The van der Waals surface area contributed by atoms with Gasteiger partial charge in [0.05, 0.1) is 12.7 Å². The third kappa shape index (κ3) is 11.8. The van der Waals surface area contributed by atoms with Gasteiger partial charge in [0.2, 0.25) is 0 Å². The number of rotatable bonds is 9.